The summed E-state index contributed by atoms with van der Waals surface area (Å²) in [7, 11) is 0. The maximum Gasteiger partial charge on any atom is 0.305 e. The van der Waals surface area contributed by atoms with E-state index in [0.717, 1.165) is 51.4 Å². The highest BCUT2D eigenvalue weighted by Crippen LogP contribution is 2.20. The van der Waals surface area contributed by atoms with Gasteiger partial charge in [0.1, 0.15) is 0 Å². The van der Waals surface area contributed by atoms with Gasteiger partial charge in [0.25, 0.3) is 0 Å². The van der Waals surface area contributed by atoms with Crippen molar-refractivity contribution in [3.63, 3.8) is 0 Å². The summed E-state index contributed by atoms with van der Waals surface area (Å²) in [5.41, 5.74) is 0. The van der Waals surface area contributed by atoms with Crippen molar-refractivity contribution in [1.29, 1.82) is 0 Å². The standard InChI is InChI=1S/C81H155NO5/c1-3-5-7-9-11-13-15-17-19-20-21-22-23-33-36-39-42-46-49-53-57-61-65-69-73-79(84)78(77-83)82-80(85)74-70-66-62-58-54-50-47-43-40-37-34-31-29-27-25-24-26-28-30-32-35-38-41-44-48-52-56-60-64-68-72-76-87-81(86)75-71-67-63-59-55-51-45-18-16-14-12-10-8-6-4-2/h18,26,28,32,35,45,78-79,83-84H,3-17,19-25,27,29-31,33-34,36-44,46-77H2,1-2H3,(H,82,85)/b28-26-,35-32-,45-18-. The van der Waals surface area contributed by atoms with Crippen molar-refractivity contribution in [1.82, 2.24) is 5.32 Å². The Morgan fingerprint density at radius 1 is 0.322 bits per heavy atom. The van der Waals surface area contributed by atoms with Crippen LogP contribution in [-0.2, 0) is 14.3 Å². The van der Waals surface area contributed by atoms with Crippen LogP contribution in [0.15, 0.2) is 36.5 Å². The molecule has 6 heteroatoms. The van der Waals surface area contributed by atoms with Crippen molar-refractivity contribution < 1.29 is 24.5 Å². The Balaban J connectivity index is 3.39. The first kappa shape index (κ1) is 85.1. The Kier molecular flexibility index (Phi) is 74.8. The molecule has 0 saturated heterocycles. The van der Waals surface area contributed by atoms with Gasteiger partial charge in [-0.25, -0.2) is 0 Å². The van der Waals surface area contributed by atoms with E-state index in [1.807, 2.05) is 0 Å². The van der Waals surface area contributed by atoms with Crippen LogP contribution in [-0.4, -0.2) is 47.4 Å². The number of unbranched alkanes of at least 4 members (excludes halogenated alkanes) is 58. The zero-order valence-corrected chi connectivity index (χ0v) is 59.0. The molecule has 2 atom stereocenters. The van der Waals surface area contributed by atoms with Crippen LogP contribution in [0, 0.1) is 0 Å². The summed E-state index contributed by atoms with van der Waals surface area (Å²) >= 11 is 0. The van der Waals surface area contributed by atoms with Crippen LogP contribution in [0.5, 0.6) is 0 Å². The number of amides is 1. The lowest BCUT2D eigenvalue weighted by Gasteiger charge is -2.22. The predicted octanol–water partition coefficient (Wildman–Crippen LogP) is 26.2. The average Bonchev–Trinajstić information content (AvgIpc) is 3.53. The second-order valence-electron chi connectivity index (χ2n) is 27.4. The topological polar surface area (TPSA) is 95.9 Å². The van der Waals surface area contributed by atoms with E-state index in [0.29, 0.717) is 25.9 Å². The molecule has 2 unspecified atom stereocenters. The third kappa shape index (κ3) is 73.0. The molecule has 0 aliphatic rings. The Morgan fingerprint density at radius 2 is 0.575 bits per heavy atom. The molecule has 0 aliphatic carbocycles. The fourth-order valence-corrected chi connectivity index (χ4v) is 12.6. The van der Waals surface area contributed by atoms with Crippen molar-refractivity contribution in [2.24, 2.45) is 0 Å². The third-order valence-corrected chi connectivity index (χ3v) is 18.7. The first-order valence-corrected chi connectivity index (χ1v) is 39.7. The van der Waals surface area contributed by atoms with Gasteiger partial charge in [-0.15, -0.1) is 0 Å². The van der Waals surface area contributed by atoms with Gasteiger partial charge in [0.15, 0.2) is 0 Å². The van der Waals surface area contributed by atoms with E-state index in [9.17, 15) is 19.8 Å². The van der Waals surface area contributed by atoms with Crippen LogP contribution in [0.4, 0.5) is 0 Å². The lowest BCUT2D eigenvalue weighted by Crippen LogP contribution is -2.45. The molecule has 1 amide bonds. The minimum atomic E-state index is -0.666. The Bertz CT molecular complexity index is 1410. The van der Waals surface area contributed by atoms with Gasteiger partial charge in [0.05, 0.1) is 25.4 Å². The third-order valence-electron chi connectivity index (χ3n) is 18.7. The monoisotopic (exact) mass is 1220 g/mol. The molecule has 6 nitrogen and oxygen atoms in total. The number of carbonyl (C=O) groups is 2. The Labute approximate surface area is 544 Å². The van der Waals surface area contributed by atoms with E-state index in [4.69, 9.17) is 4.74 Å². The molecule has 0 rings (SSSR count). The molecule has 0 bridgehead atoms. The number of esters is 1. The highest BCUT2D eigenvalue weighted by Gasteiger charge is 2.20. The molecule has 87 heavy (non-hydrogen) atoms. The van der Waals surface area contributed by atoms with Gasteiger partial charge in [0.2, 0.25) is 5.91 Å². The molecule has 514 valence electrons. The first-order chi connectivity index (χ1) is 43.0. The molecule has 0 fully saturated rings. The van der Waals surface area contributed by atoms with Gasteiger partial charge < -0.3 is 20.3 Å². The molecular weight excluding hydrogens is 1070 g/mol. The number of nitrogens with one attached hydrogen (secondary N) is 1. The molecule has 0 aromatic heterocycles. The van der Waals surface area contributed by atoms with Crippen LogP contribution in [0.2, 0.25) is 0 Å². The maximum absolute atomic E-state index is 12.6. The highest BCUT2D eigenvalue weighted by molar-refractivity contribution is 5.76. The number of allylic oxidation sites excluding steroid dienone is 6. The lowest BCUT2D eigenvalue weighted by atomic mass is 10.0. The van der Waals surface area contributed by atoms with Crippen LogP contribution in [0.25, 0.3) is 0 Å². The van der Waals surface area contributed by atoms with E-state index in [-0.39, 0.29) is 18.5 Å². The molecule has 0 spiro atoms. The van der Waals surface area contributed by atoms with Crippen molar-refractivity contribution in [2.45, 2.75) is 456 Å². The number of aliphatic hydroxyl groups excluding tert-OH is 2. The number of aliphatic hydroxyl groups is 2. The summed E-state index contributed by atoms with van der Waals surface area (Å²) in [6.07, 6.45) is 99.5. The number of ether oxygens (including phenoxy) is 1. The molecule has 0 aromatic rings. The van der Waals surface area contributed by atoms with Gasteiger partial charge in [-0.1, -0.05) is 384 Å². The summed E-state index contributed by atoms with van der Waals surface area (Å²) in [6, 6.07) is -0.543. The van der Waals surface area contributed by atoms with Crippen molar-refractivity contribution in [2.75, 3.05) is 13.2 Å². The number of hydrogen-bond donors (Lipinski definition) is 3. The van der Waals surface area contributed by atoms with Gasteiger partial charge in [0, 0.05) is 12.8 Å². The summed E-state index contributed by atoms with van der Waals surface area (Å²) < 4.78 is 5.49. The largest absolute Gasteiger partial charge is 0.466 e. The van der Waals surface area contributed by atoms with Crippen molar-refractivity contribution >= 4 is 11.9 Å². The smallest absolute Gasteiger partial charge is 0.305 e. The number of hydrogen-bond acceptors (Lipinski definition) is 5. The second kappa shape index (κ2) is 76.5. The fourth-order valence-electron chi connectivity index (χ4n) is 12.6. The molecule has 0 radical (unpaired) electrons. The van der Waals surface area contributed by atoms with Crippen LogP contribution in [0.1, 0.15) is 444 Å². The molecular formula is C81H155NO5. The highest BCUT2D eigenvalue weighted by atomic mass is 16.5. The van der Waals surface area contributed by atoms with Gasteiger partial charge in [-0.3, -0.25) is 9.59 Å². The molecule has 0 aromatic carbocycles. The number of carbonyl (C=O) groups excluding carboxylic acids is 2. The molecule has 0 saturated carbocycles. The lowest BCUT2D eigenvalue weighted by molar-refractivity contribution is -0.143. The normalized spacial score (nSPS) is 12.6. The zero-order valence-electron chi connectivity index (χ0n) is 59.0. The maximum atomic E-state index is 12.6. The van der Waals surface area contributed by atoms with E-state index in [2.05, 4.69) is 55.6 Å². The van der Waals surface area contributed by atoms with Crippen LogP contribution in [0.3, 0.4) is 0 Å². The zero-order chi connectivity index (χ0) is 62.8. The fraction of sp³-hybridized carbons (Fsp3) is 0.901. The predicted molar refractivity (Wildman–Crippen MR) is 384 cm³/mol. The summed E-state index contributed by atoms with van der Waals surface area (Å²) in [5.74, 6) is -0.0230. The van der Waals surface area contributed by atoms with Gasteiger partial charge >= 0.3 is 5.97 Å². The Morgan fingerprint density at radius 3 is 0.885 bits per heavy atom. The van der Waals surface area contributed by atoms with Crippen LogP contribution < -0.4 is 5.32 Å². The quantitative estimate of drug-likeness (QED) is 0.0320. The minimum Gasteiger partial charge on any atom is -0.466 e. The van der Waals surface area contributed by atoms with E-state index < -0.39 is 12.1 Å². The second-order valence-corrected chi connectivity index (χ2v) is 27.4. The van der Waals surface area contributed by atoms with Gasteiger partial charge in [-0.05, 0) is 83.5 Å². The van der Waals surface area contributed by atoms with E-state index in [1.54, 1.807) is 0 Å². The summed E-state index contributed by atoms with van der Waals surface area (Å²) in [4.78, 5) is 24.7. The van der Waals surface area contributed by atoms with E-state index in [1.165, 1.54) is 360 Å². The molecule has 0 heterocycles. The van der Waals surface area contributed by atoms with Crippen molar-refractivity contribution in [3.05, 3.63) is 36.5 Å². The minimum absolute atomic E-state index is 0.00604. The first-order valence-electron chi connectivity index (χ1n) is 39.7. The average molecular weight is 1220 g/mol. The molecule has 3 N–H and O–H groups in total. The summed E-state index contributed by atoms with van der Waals surface area (Å²) in [5, 5.41) is 23.5. The number of rotatable bonds is 75. The van der Waals surface area contributed by atoms with Crippen LogP contribution >= 0.6 is 0 Å². The SMILES string of the molecule is CCCCCCCC/C=C\CCCCCCCC(=O)OCCCCCCCCCCC/C=C\C/C=C\CCCCCCCCCCCCCCCCCC(=O)NC(CO)C(O)CCCCCCCCCCCCCCCCCCCCCCCCCC. The van der Waals surface area contributed by atoms with Gasteiger partial charge in [-0.2, -0.15) is 0 Å². The van der Waals surface area contributed by atoms with E-state index >= 15 is 0 Å². The van der Waals surface area contributed by atoms with Crippen molar-refractivity contribution in [3.8, 4) is 0 Å². The summed E-state index contributed by atoms with van der Waals surface area (Å²) in [6.45, 7) is 4.99. The molecule has 0 aliphatic heterocycles. The Hall–Kier alpha value is -1.92.